The molecule has 3 aromatic carbocycles. The summed E-state index contributed by atoms with van der Waals surface area (Å²) in [6, 6.07) is 21.6. The Bertz CT molecular complexity index is 910. The molecule has 1 amide bonds. The molecule has 0 aliphatic rings. The molecule has 0 saturated heterocycles. The van der Waals surface area contributed by atoms with Crippen LogP contribution in [0.2, 0.25) is 0 Å². The van der Waals surface area contributed by atoms with Crippen LogP contribution in [0.3, 0.4) is 0 Å². The number of nitrogens with one attached hydrogen (secondary N) is 1. The third kappa shape index (κ3) is 4.37. The Morgan fingerprint density at radius 2 is 1.62 bits per heavy atom. The number of rotatable bonds is 7. The van der Waals surface area contributed by atoms with E-state index in [2.05, 4.69) is 5.48 Å². The fourth-order valence-electron chi connectivity index (χ4n) is 2.45. The van der Waals surface area contributed by atoms with Crippen molar-refractivity contribution in [2.75, 3.05) is 6.61 Å². The van der Waals surface area contributed by atoms with E-state index in [1.807, 2.05) is 36.4 Å². The van der Waals surface area contributed by atoms with E-state index in [1.165, 1.54) is 0 Å². The fraction of sp³-hybridized carbons (Fsp3) is 0.100. The highest BCUT2D eigenvalue weighted by atomic mass is 16.7. The third-order valence-corrected chi connectivity index (χ3v) is 3.71. The van der Waals surface area contributed by atoms with Crippen molar-refractivity contribution < 1.29 is 24.3 Å². The number of carboxylic acids is 1. The van der Waals surface area contributed by atoms with Gasteiger partial charge < -0.3 is 9.84 Å². The SMILES string of the molecule is O=C(COc1ccc2ccccc2c1)NOC(C(=O)O)c1ccccc1. The molecule has 0 radical (unpaired) electrons. The molecule has 0 aliphatic carbocycles. The minimum Gasteiger partial charge on any atom is -0.484 e. The maximum absolute atomic E-state index is 11.9. The Morgan fingerprint density at radius 3 is 2.35 bits per heavy atom. The number of carboxylic acid groups (broad SMARTS) is 1. The minimum atomic E-state index is -1.29. The van der Waals surface area contributed by atoms with E-state index < -0.39 is 18.0 Å². The summed E-state index contributed by atoms with van der Waals surface area (Å²) < 4.78 is 5.43. The first-order valence-corrected chi connectivity index (χ1v) is 7.97. The molecule has 0 bridgehead atoms. The van der Waals surface area contributed by atoms with Gasteiger partial charge in [0.05, 0.1) is 0 Å². The summed E-state index contributed by atoms with van der Waals surface area (Å²) in [5, 5.41) is 11.3. The zero-order valence-electron chi connectivity index (χ0n) is 13.8. The van der Waals surface area contributed by atoms with Gasteiger partial charge in [-0.25, -0.2) is 10.3 Å². The van der Waals surface area contributed by atoms with Crippen LogP contribution < -0.4 is 10.2 Å². The van der Waals surface area contributed by atoms with Crippen molar-refractivity contribution >= 4 is 22.6 Å². The lowest BCUT2D eigenvalue weighted by molar-refractivity contribution is -0.161. The molecule has 1 unspecified atom stereocenters. The van der Waals surface area contributed by atoms with Gasteiger partial charge in [-0.1, -0.05) is 60.7 Å². The van der Waals surface area contributed by atoms with Crippen LogP contribution in [0.4, 0.5) is 0 Å². The highest BCUT2D eigenvalue weighted by Gasteiger charge is 2.22. The summed E-state index contributed by atoms with van der Waals surface area (Å²) >= 11 is 0. The van der Waals surface area contributed by atoms with Gasteiger partial charge in [0.15, 0.2) is 6.61 Å². The van der Waals surface area contributed by atoms with Crippen LogP contribution in [0.1, 0.15) is 11.7 Å². The average Bonchev–Trinajstić information content (AvgIpc) is 2.67. The summed E-state index contributed by atoms with van der Waals surface area (Å²) in [5.74, 6) is -1.25. The standard InChI is InChI=1S/C20H17NO5/c22-18(21-26-19(20(23)24)15-7-2-1-3-8-15)13-25-17-11-10-14-6-4-5-9-16(14)12-17/h1-12,19H,13H2,(H,21,22)(H,23,24). The van der Waals surface area contributed by atoms with Crippen LogP contribution in [-0.4, -0.2) is 23.6 Å². The maximum atomic E-state index is 11.9. The predicted octanol–water partition coefficient (Wildman–Crippen LogP) is 3.09. The Balaban J connectivity index is 1.55. The summed E-state index contributed by atoms with van der Waals surface area (Å²) in [6.45, 7) is -0.292. The van der Waals surface area contributed by atoms with E-state index in [1.54, 1.807) is 36.4 Å². The third-order valence-electron chi connectivity index (χ3n) is 3.71. The first-order chi connectivity index (χ1) is 12.6. The average molecular weight is 351 g/mol. The molecule has 6 heteroatoms. The number of fused-ring (bicyclic) bond motifs is 1. The molecule has 2 N–H and O–H groups in total. The van der Waals surface area contributed by atoms with Crippen LogP contribution in [0.25, 0.3) is 10.8 Å². The summed E-state index contributed by atoms with van der Waals surface area (Å²) in [7, 11) is 0. The Kier molecular flexibility index (Phi) is 5.46. The van der Waals surface area contributed by atoms with Gasteiger partial charge in [0.25, 0.3) is 5.91 Å². The minimum absolute atomic E-state index is 0.292. The van der Waals surface area contributed by atoms with Gasteiger partial charge in [-0.3, -0.25) is 9.63 Å². The van der Waals surface area contributed by atoms with Crippen LogP contribution >= 0.6 is 0 Å². The zero-order chi connectivity index (χ0) is 18.4. The van der Waals surface area contributed by atoms with Crippen molar-refractivity contribution in [3.05, 3.63) is 78.4 Å². The molecule has 3 aromatic rings. The molecular weight excluding hydrogens is 334 g/mol. The van der Waals surface area contributed by atoms with Crippen LogP contribution in [0.5, 0.6) is 5.75 Å². The summed E-state index contributed by atoms with van der Waals surface area (Å²) in [5.41, 5.74) is 2.55. The summed E-state index contributed by atoms with van der Waals surface area (Å²) in [4.78, 5) is 28.2. The van der Waals surface area contributed by atoms with E-state index >= 15 is 0 Å². The molecule has 0 saturated carbocycles. The smallest absolute Gasteiger partial charge is 0.340 e. The van der Waals surface area contributed by atoms with Gasteiger partial charge in [0.2, 0.25) is 6.10 Å². The van der Waals surface area contributed by atoms with Crippen molar-refractivity contribution in [3.8, 4) is 5.75 Å². The van der Waals surface area contributed by atoms with E-state index in [4.69, 9.17) is 9.57 Å². The highest BCUT2D eigenvalue weighted by Crippen LogP contribution is 2.20. The zero-order valence-corrected chi connectivity index (χ0v) is 13.8. The molecule has 0 aromatic heterocycles. The second-order valence-electron chi connectivity index (χ2n) is 5.57. The van der Waals surface area contributed by atoms with Gasteiger partial charge in [-0.2, -0.15) is 0 Å². The molecule has 1 atom stereocenters. The van der Waals surface area contributed by atoms with Crippen molar-refractivity contribution in [1.29, 1.82) is 0 Å². The van der Waals surface area contributed by atoms with Crippen molar-refractivity contribution in [3.63, 3.8) is 0 Å². The monoisotopic (exact) mass is 351 g/mol. The number of benzene rings is 3. The lowest BCUT2D eigenvalue weighted by Gasteiger charge is -2.14. The lowest BCUT2D eigenvalue weighted by atomic mass is 10.1. The molecule has 0 spiro atoms. The largest absolute Gasteiger partial charge is 0.484 e. The Labute approximate surface area is 149 Å². The van der Waals surface area contributed by atoms with Gasteiger partial charge >= 0.3 is 5.97 Å². The maximum Gasteiger partial charge on any atom is 0.340 e. The van der Waals surface area contributed by atoms with E-state index in [-0.39, 0.29) is 6.61 Å². The van der Waals surface area contributed by atoms with E-state index in [0.717, 1.165) is 10.8 Å². The van der Waals surface area contributed by atoms with Crippen molar-refractivity contribution in [1.82, 2.24) is 5.48 Å². The van der Waals surface area contributed by atoms with Crippen LogP contribution in [0, 0.1) is 0 Å². The van der Waals surface area contributed by atoms with Crippen molar-refractivity contribution in [2.45, 2.75) is 6.10 Å². The number of carbonyl (C=O) groups excluding carboxylic acids is 1. The van der Waals surface area contributed by atoms with Gasteiger partial charge in [0, 0.05) is 0 Å². The highest BCUT2D eigenvalue weighted by molar-refractivity contribution is 5.84. The van der Waals surface area contributed by atoms with Gasteiger partial charge in [-0.15, -0.1) is 0 Å². The number of carbonyl (C=O) groups is 2. The molecule has 0 aliphatic heterocycles. The first-order valence-electron chi connectivity index (χ1n) is 7.97. The van der Waals surface area contributed by atoms with Crippen LogP contribution in [-0.2, 0) is 14.4 Å². The lowest BCUT2D eigenvalue weighted by Crippen LogP contribution is -2.32. The summed E-state index contributed by atoms with van der Waals surface area (Å²) in [6.07, 6.45) is -1.29. The normalized spacial score (nSPS) is 11.7. The fourth-order valence-corrected chi connectivity index (χ4v) is 2.45. The number of hydrogen-bond donors (Lipinski definition) is 2. The quantitative estimate of drug-likeness (QED) is 0.639. The van der Waals surface area contributed by atoms with Gasteiger partial charge in [0.1, 0.15) is 5.75 Å². The Morgan fingerprint density at radius 1 is 0.923 bits per heavy atom. The number of ether oxygens (including phenoxy) is 1. The number of hydrogen-bond acceptors (Lipinski definition) is 4. The molecule has 0 fully saturated rings. The van der Waals surface area contributed by atoms with E-state index in [9.17, 15) is 14.7 Å². The molecule has 6 nitrogen and oxygen atoms in total. The van der Waals surface area contributed by atoms with Gasteiger partial charge in [-0.05, 0) is 28.5 Å². The molecule has 3 rings (SSSR count). The first kappa shape index (κ1) is 17.4. The molecule has 132 valence electrons. The van der Waals surface area contributed by atoms with Crippen molar-refractivity contribution in [2.24, 2.45) is 0 Å². The van der Waals surface area contributed by atoms with Crippen LogP contribution in [0.15, 0.2) is 72.8 Å². The predicted molar refractivity (Wildman–Crippen MR) is 95.5 cm³/mol. The Hall–Kier alpha value is -3.38. The number of aliphatic carboxylic acids is 1. The topological polar surface area (TPSA) is 84.9 Å². The molecule has 0 heterocycles. The number of hydroxylamine groups is 1. The second kappa shape index (κ2) is 8.13. The molecule has 26 heavy (non-hydrogen) atoms. The molecular formula is C20H17NO5. The number of amides is 1. The second-order valence-corrected chi connectivity index (χ2v) is 5.57. The van der Waals surface area contributed by atoms with E-state index in [0.29, 0.717) is 11.3 Å².